The summed E-state index contributed by atoms with van der Waals surface area (Å²) < 4.78 is 18.1. The van der Waals surface area contributed by atoms with Crippen LogP contribution in [-0.4, -0.2) is 43.5 Å². The van der Waals surface area contributed by atoms with Gasteiger partial charge in [0, 0.05) is 30.7 Å². The minimum atomic E-state index is -0.328. The molecule has 0 fully saturated rings. The average Bonchev–Trinajstić information content (AvgIpc) is 3.27. The predicted molar refractivity (Wildman–Crippen MR) is 92.9 cm³/mol. The standard InChI is InChI=1S/C16H17FN6O2S/c1-10-19-16(22-21-10)26-9-8-18-13(24)6-7-14-20-15(23-25-14)11-2-4-12(17)5-3-11/h2-5H,6-9H2,1H3,(H,18,24)(H,19,21,22). The van der Waals surface area contributed by atoms with E-state index in [2.05, 4.69) is 30.6 Å². The first-order valence-corrected chi connectivity index (χ1v) is 8.96. The Labute approximate surface area is 153 Å². The van der Waals surface area contributed by atoms with Crippen molar-refractivity contribution in [1.29, 1.82) is 0 Å². The Morgan fingerprint density at radius 2 is 2.12 bits per heavy atom. The van der Waals surface area contributed by atoms with Crippen molar-refractivity contribution in [2.45, 2.75) is 24.9 Å². The predicted octanol–water partition coefficient (Wildman–Crippen LogP) is 2.14. The Kier molecular flexibility index (Phi) is 5.95. The van der Waals surface area contributed by atoms with Crippen LogP contribution in [0.5, 0.6) is 0 Å². The number of thioether (sulfide) groups is 1. The van der Waals surface area contributed by atoms with Crippen LogP contribution in [0.25, 0.3) is 11.4 Å². The molecular weight excluding hydrogens is 359 g/mol. The fourth-order valence-electron chi connectivity index (χ4n) is 2.10. The van der Waals surface area contributed by atoms with Gasteiger partial charge in [-0.1, -0.05) is 16.9 Å². The first-order chi connectivity index (χ1) is 12.6. The maximum Gasteiger partial charge on any atom is 0.227 e. The van der Waals surface area contributed by atoms with Crippen LogP contribution in [0.2, 0.25) is 0 Å². The Bertz CT molecular complexity index is 864. The van der Waals surface area contributed by atoms with Gasteiger partial charge in [0.15, 0.2) is 0 Å². The summed E-state index contributed by atoms with van der Waals surface area (Å²) in [6.45, 7) is 2.35. The van der Waals surface area contributed by atoms with Crippen molar-refractivity contribution >= 4 is 17.7 Å². The van der Waals surface area contributed by atoms with Gasteiger partial charge in [-0.3, -0.25) is 9.89 Å². The molecule has 0 aliphatic rings. The number of amides is 1. The Balaban J connectivity index is 1.38. The molecule has 0 saturated carbocycles. The zero-order valence-electron chi connectivity index (χ0n) is 14.0. The van der Waals surface area contributed by atoms with Gasteiger partial charge in [0.25, 0.3) is 0 Å². The van der Waals surface area contributed by atoms with Crippen LogP contribution < -0.4 is 5.32 Å². The van der Waals surface area contributed by atoms with E-state index in [1.807, 2.05) is 6.92 Å². The second-order valence-electron chi connectivity index (χ2n) is 5.42. The molecule has 8 nitrogen and oxygen atoms in total. The molecule has 2 heterocycles. The third kappa shape index (κ3) is 5.12. The highest BCUT2D eigenvalue weighted by atomic mass is 32.2. The molecule has 0 saturated heterocycles. The molecule has 2 N–H and O–H groups in total. The molecule has 0 aliphatic carbocycles. The number of aromatic amines is 1. The number of carbonyl (C=O) groups is 1. The van der Waals surface area contributed by atoms with Crippen LogP contribution in [0.3, 0.4) is 0 Å². The van der Waals surface area contributed by atoms with Crippen LogP contribution in [0.1, 0.15) is 18.1 Å². The van der Waals surface area contributed by atoms with Crippen molar-refractivity contribution in [3.8, 4) is 11.4 Å². The van der Waals surface area contributed by atoms with E-state index in [1.165, 1.54) is 23.9 Å². The summed E-state index contributed by atoms with van der Waals surface area (Å²) in [7, 11) is 0. The van der Waals surface area contributed by atoms with Crippen LogP contribution in [-0.2, 0) is 11.2 Å². The lowest BCUT2D eigenvalue weighted by atomic mass is 10.2. The number of H-pyrrole nitrogens is 1. The van der Waals surface area contributed by atoms with Gasteiger partial charge >= 0.3 is 0 Å². The normalized spacial score (nSPS) is 10.8. The highest BCUT2D eigenvalue weighted by molar-refractivity contribution is 7.99. The molecule has 0 spiro atoms. The van der Waals surface area contributed by atoms with Crippen molar-refractivity contribution < 1.29 is 13.7 Å². The fraction of sp³-hybridized carbons (Fsp3) is 0.312. The van der Waals surface area contributed by atoms with Crippen molar-refractivity contribution in [2.75, 3.05) is 12.3 Å². The molecule has 10 heteroatoms. The zero-order valence-corrected chi connectivity index (χ0v) is 14.8. The maximum absolute atomic E-state index is 12.9. The molecule has 1 aromatic carbocycles. The summed E-state index contributed by atoms with van der Waals surface area (Å²) >= 11 is 1.46. The number of benzene rings is 1. The van der Waals surface area contributed by atoms with E-state index in [-0.39, 0.29) is 18.1 Å². The second-order valence-corrected chi connectivity index (χ2v) is 6.48. The van der Waals surface area contributed by atoms with Gasteiger partial charge in [-0.15, -0.1) is 5.10 Å². The number of nitrogens with one attached hydrogen (secondary N) is 2. The maximum atomic E-state index is 12.9. The van der Waals surface area contributed by atoms with Crippen LogP contribution >= 0.6 is 11.8 Å². The quantitative estimate of drug-likeness (QED) is 0.458. The molecule has 0 atom stereocenters. The lowest BCUT2D eigenvalue weighted by Gasteiger charge is -2.02. The van der Waals surface area contributed by atoms with Crippen LogP contribution in [0.4, 0.5) is 4.39 Å². The number of nitrogens with zero attached hydrogens (tertiary/aromatic N) is 4. The van der Waals surface area contributed by atoms with Crippen LogP contribution in [0, 0.1) is 12.7 Å². The minimum absolute atomic E-state index is 0.0988. The van der Waals surface area contributed by atoms with E-state index in [0.717, 1.165) is 5.82 Å². The van der Waals surface area contributed by atoms with E-state index in [1.54, 1.807) is 12.1 Å². The third-order valence-electron chi connectivity index (χ3n) is 3.37. The van der Waals surface area contributed by atoms with Gasteiger partial charge in [0.1, 0.15) is 11.6 Å². The minimum Gasteiger partial charge on any atom is -0.355 e. The van der Waals surface area contributed by atoms with Crippen molar-refractivity contribution in [2.24, 2.45) is 0 Å². The summed E-state index contributed by atoms with van der Waals surface area (Å²) in [4.78, 5) is 20.2. The number of aryl methyl sites for hydroxylation is 2. The van der Waals surface area contributed by atoms with E-state index in [0.29, 0.717) is 41.2 Å². The van der Waals surface area contributed by atoms with E-state index in [4.69, 9.17) is 4.52 Å². The summed E-state index contributed by atoms with van der Waals surface area (Å²) in [6.07, 6.45) is 0.586. The van der Waals surface area contributed by atoms with Gasteiger partial charge in [0.05, 0.1) is 0 Å². The lowest BCUT2D eigenvalue weighted by Crippen LogP contribution is -2.25. The van der Waals surface area contributed by atoms with Gasteiger partial charge < -0.3 is 9.84 Å². The number of hydrogen-bond donors (Lipinski definition) is 2. The van der Waals surface area contributed by atoms with E-state index in [9.17, 15) is 9.18 Å². The van der Waals surface area contributed by atoms with Gasteiger partial charge in [0.2, 0.25) is 22.8 Å². The molecule has 0 bridgehead atoms. The Hall–Kier alpha value is -2.75. The van der Waals surface area contributed by atoms with Crippen molar-refractivity contribution in [3.05, 3.63) is 41.8 Å². The molecule has 26 heavy (non-hydrogen) atoms. The smallest absolute Gasteiger partial charge is 0.227 e. The fourth-order valence-corrected chi connectivity index (χ4v) is 2.80. The molecule has 0 radical (unpaired) electrons. The molecular formula is C16H17FN6O2S. The summed E-state index contributed by atoms with van der Waals surface area (Å²) in [5, 5.41) is 14.1. The Morgan fingerprint density at radius 1 is 1.31 bits per heavy atom. The third-order valence-corrected chi connectivity index (χ3v) is 4.22. The van der Waals surface area contributed by atoms with Crippen LogP contribution in [0.15, 0.2) is 33.9 Å². The zero-order chi connectivity index (χ0) is 18.4. The lowest BCUT2D eigenvalue weighted by molar-refractivity contribution is -0.121. The van der Waals surface area contributed by atoms with Crippen molar-refractivity contribution in [1.82, 2.24) is 30.6 Å². The molecule has 2 aromatic heterocycles. The first kappa shape index (κ1) is 18.1. The monoisotopic (exact) mass is 376 g/mol. The van der Waals surface area contributed by atoms with Gasteiger partial charge in [-0.25, -0.2) is 9.37 Å². The van der Waals surface area contributed by atoms with Gasteiger partial charge in [-0.05, 0) is 31.2 Å². The molecule has 136 valence electrons. The van der Waals surface area contributed by atoms with E-state index >= 15 is 0 Å². The number of carbonyl (C=O) groups excluding carboxylic acids is 1. The van der Waals surface area contributed by atoms with E-state index < -0.39 is 0 Å². The first-order valence-electron chi connectivity index (χ1n) is 7.97. The summed E-state index contributed by atoms with van der Waals surface area (Å²) in [5.41, 5.74) is 0.657. The SMILES string of the molecule is Cc1nc(SCCNC(=O)CCc2nc(-c3ccc(F)cc3)no2)n[nH]1. The largest absolute Gasteiger partial charge is 0.355 e. The summed E-state index contributed by atoms with van der Waals surface area (Å²) in [6, 6.07) is 5.81. The highest BCUT2D eigenvalue weighted by Gasteiger charge is 2.11. The topological polar surface area (TPSA) is 110 Å². The molecule has 3 rings (SSSR count). The van der Waals surface area contributed by atoms with Gasteiger partial charge in [-0.2, -0.15) is 4.98 Å². The van der Waals surface area contributed by atoms with Crippen molar-refractivity contribution in [3.63, 3.8) is 0 Å². The number of aromatic nitrogens is 5. The number of rotatable bonds is 8. The molecule has 3 aromatic rings. The summed E-state index contributed by atoms with van der Waals surface area (Å²) in [5.74, 6) is 1.75. The molecule has 1 amide bonds. The Morgan fingerprint density at radius 3 is 2.85 bits per heavy atom. The number of halogens is 1. The molecule has 0 unspecified atom stereocenters. The highest BCUT2D eigenvalue weighted by Crippen LogP contribution is 2.16. The molecule has 0 aliphatic heterocycles. The number of hydrogen-bond acceptors (Lipinski definition) is 7. The second kappa shape index (κ2) is 8.56. The average molecular weight is 376 g/mol.